The molecule has 0 saturated carbocycles. The molecule has 0 aromatic heterocycles. The van der Waals surface area contributed by atoms with Crippen molar-refractivity contribution in [2.75, 3.05) is 0 Å². The summed E-state index contributed by atoms with van der Waals surface area (Å²) in [5, 5.41) is 0.456. The molecule has 0 radical (unpaired) electrons. The Balaban J connectivity index is 4.80. The Morgan fingerprint density at radius 1 is 1.12 bits per heavy atom. The Morgan fingerprint density at radius 3 is 1.88 bits per heavy atom. The highest BCUT2D eigenvalue weighted by Crippen LogP contribution is 2.38. The maximum Gasteiger partial charge on any atom is 0.229 e. The molecule has 0 aliphatic heterocycles. The van der Waals surface area contributed by atoms with Gasteiger partial charge < -0.3 is 4.43 Å². The summed E-state index contributed by atoms with van der Waals surface area (Å²) in [6.45, 7) is 16.6. The fraction of sp³-hybridized carbons (Fsp3) is 1.00. The van der Waals surface area contributed by atoms with E-state index in [2.05, 4.69) is 55.4 Å². The number of hydrogen-bond acceptors (Lipinski definition) is 2. The van der Waals surface area contributed by atoms with Gasteiger partial charge in [-0.15, -0.1) is 0 Å². The van der Waals surface area contributed by atoms with E-state index in [1.54, 1.807) is 0 Å². The fourth-order valence-electron chi connectivity index (χ4n) is 2.15. The van der Waals surface area contributed by atoms with Gasteiger partial charge in [-0.2, -0.15) is 12.1 Å². The van der Waals surface area contributed by atoms with Crippen molar-refractivity contribution in [3.8, 4) is 0 Å². The average molecular weight is 293 g/mol. The Labute approximate surface area is 117 Å². The van der Waals surface area contributed by atoms with E-state index in [0.29, 0.717) is 17.1 Å². The third-order valence-corrected chi connectivity index (χ3v) is 16.2. The summed E-state index contributed by atoms with van der Waals surface area (Å²) in [7, 11) is -0.295. The molecule has 0 rings (SSSR count). The minimum atomic E-state index is -1.74. The lowest BCUT2D eigenvalue weighted by Gasteiger charge is -2.38. The summed E-state index contributed by atoms with van der Waals surface area (Å²) in [4.78, 5) is 0. The molecule has 0 fully saturated rings. The monoisotopic (exact) mass is 292 g/mol. The van der Waals surface area contributed by atoms with Crippen LogP contribution in [0.2, 0.25) is 11.1 Å². The summed E-state index contributed by atoms with van der Waals surface area (Å²) in [5.41, 5.74) is 0. The molecule has 0 saturated heterocycles. The van der Waals surface area contributed by atoms with Gasteiger partial charge in [0, 0.05) is 6.10 Å². The predicted octanol–water partition coefficient (Wildman–Crippen LogP) is 3.96. The van der Waals surface area contributed by atoms with Gasteiger partial charge in [0.05, 0.1) is 9.04 Å². The largest absolute Gasteiger partial charge is 0.408 e. The van der Waals surface area contributed by atoms with Crippen molar-refractivity contribution in [1.29, 1.82) is 0 Å². The van der Waals surface area contributed by atoms with Gasteiger partial charge in [-0.1, -0.05) is 41.5 Å². The SMILES string of the molecule is CC(C)C[Si](S)(OC(C)C)[SiH2]C(C)(C)C(C)C. The van der Waals surface area contributed by atoms with Crippen LogP contribution in [-0.4, -0.2) is 22.1 Å². The van der Waals surface area contributed by atoms with Crippen molar-refractivity contribution in [2.24, 2.45) is 11.8 Å². The van der Waals surface area contributed by atoms with Crippen molar-refractivity contribution < 1.29 is 4.43 Å². The molecule has 0 bridgehead atoms. The van der Waals surface area contributed by atoms with Gasteiger partial charge in [-0.25, -0.2) is 0 Å². The summed E-state index contributed by atoms with van der Waals surface area (Å²) >= 11 is 5.06. The molecule has 0 heterocycles. The van der Waals surface area contributed by atoms with Crippen LogP contribution in [0.1, 0.15) is 55.4 Å². The molecule has 104 valence electrons. The average Bonchev–Trinajstić information content (AvgIpc) is 1.96. The normalized spacial score (nSPS) is 17.6. The predicted molar refractivity (Wildman–Crippen MR) is 88.0 cm³/mol. The Hall–Kier alpha value is 0.744. The van der Waals surface area contributed by atoms with E-state index in [4.69, 9.17) is 16.5 Å². The number of rotatable bonds is 7. The maximum absolute atomic E-state index is 6.30. The van der Waals surface area contributed by atoms with Crippen molar-refractivity contribution in [1.82, 2.24) is 0 Å². The van der Waals surface area contributed by atoms with Crippen molar-refractivity contribution >= 4 is 28.1 Å². The second-order valence-electron chi connectivity index (χ2n) is 7.03. The quantitative estimate of drug-likeness (QED) is 0.552. The second kappa shape index (κ2) is 6.78. The van der Waals surface area contributed by atoms with Crippen LogP contribution in [0.3, 0.4) is 0 Å². The van der Waals surface area contributed by atoms with Gasteiger partial charge in [0.2, 0.25) is 6.98 Å². The van der Waals surface area contributed by atoms with Crippen molar-refractivity contribution in [3.05, 3.63) is 0 Å². The van der Waals surface area contributed by atoms with Crippen LogP contribution in [0.15, 0.2) is 0 Å². The molecule has 0 amide bonds. The number of thiol groups is 1. The molecule has 1 nitrogen and oxygen atoms in total. The zero-order valence-corrected chi connectivity index (χ0v) is 16.3. The lowest BCUT2D eigenvalue weighted by atomic mass is 9.99. The van der Waals surface area contributed by atoms with E-state index >= 15 is 0 Å². The molecule has 0 aromatic carbocycles. The molecule has 0 aliphatic rings. The summed E-state index contributed by atoms with van der Waals surface area (Å²) in [6, 6.07) is 1.21. The highest BCUT2D eigenvalue weighted by atomic mass is 32.3. The molecule has 17 heavy (non-hydrogen) atoms. The first kappa shape index (κ1) is 17.7. The lowest BCUT2D eigenvalue weighted by Crippen LogP contribution is -2.48. The Kier molecular flexibility index (Phi) is 7.08. The molecule has 0 spiro atoms. The van der Waals surface area contributed by atoms with Gasteiger partial charge >= 0.3 is 0 Å². The first-order chi connectivity index (χ1) is 7.48. The minimum absolute atomic E-state index is 0.295. The zero-order valence-electron chi connectivity index (χ0n) is 13.0. The Morgan fingerprint density at radius 2 is 1.59 bits per heavy atom. The van der Waals surface area contributed by atoms with Gasteiger partial charge in [-0.3, -0.25) is 0 Å². The summed E-state index contributed by atoms with van der Waals surface area (Å²) < 4.78 is 6.30. The third-order valence-electron chi connectivity index (χ3n) is 3.48. The molecule has 0 aromatic rings. The van der Waals surface area contributed by atoms with E-state index in [0.717, 1.165) is 5.92 Å². The maximum atomic E-state index is 6.30. The molecule has 0 aliphatic carbocycles. The molecule has 1 unspecified atom stereocenters. The van der Waals surface area contributed by atoms with Crippen molar-refractivity contribution in [2.45, 2.75) is 72.6 Å². The van der Waals surface area contributed by atoms with E-state index in [1.165, 1.54) is 6.04 Å². The molecule has 4 heteroatoms. The van der Waals surface area contributed by atoms with E-state index in [-0.39, 0.29) is 9.04 Å². The van der Waals surface area contributed by atoms with E-state index in [1.807, 2.05) is 0 Å². The first-order valence-corrected chi connectivity index (χ1v) is 13.3. The zero-order chi connectivity index (χ0) is 13.9. The van der Waals surface area contributed by atoms with Crippen LogP contribution in [-0.2, 0) is 4.43 Å². The van der Waals surface area contributed by atoms with Crippen LogP contribution in [0.25, 0.3) is 0 Å². The summed E-state index contributed by atoms with van der Waals surface area (Å²) in [5.74, 6) is 1.43. The third kappa shape index (κ3) is 7.04. The number of hydrogen-bond donors (Lipinski definition) is 1. The molecular formula is C13H32OSSi2. The van der Waals surface area contributed by atoms with Crippen molar-refractivity contribution in [3.63, 3.8) is 0 Å². The first-order valence-electron chi connectivity index (χ1n) is 6.89. The van der Waals surface area contributed by atoms with Gasteiger partial charge in [-0.05, 0) is 36.8 Å². The van der Waals surface area contributed by atoms with Crippen LogP contribution in [0.4, 0.5) is 0 Å². The van der Waals surface area contributed by atoms with Gasteiger partial charge in [0.15, 0.2) is 0 Å². The smallest absolute Gasteiger partial charge is 0.229 e. The Bertz CT molecular complexity index is 217. The van der Waals surface area contributed by atoms with Crippen LogP contribution in [0.5, 0.6) is 0 Å². The lowest BCUT2D eigenvalue weighted by molar-refractivity contribution is 0.243. The van der Waals surface area contributed by atoms with Crippen LogP contribution in [0, 0.1) is 11.8 Å². The topological polar surface area (TPSA) is 9.23 Å². The molecule has 1 atom stereocenters. The standard InChI is InChI=1S/C13H32OSSi2/c1-10(2)9-17(15,14-12(5)6)16-13(7,8)11(3)4/h10-12,15H,9,16H2,1-8H3. The minimum Gasteiger partial charge on any atom is -0.408 e. The highest BCUT2D eigenvalue weighted by Gasteiger charge is 2.40. The molecular weight excluding hydrogens is 260 g/mol. The van der Waals surface area contributed by atoms with E-state index in [9.17, 15) is 0 Å². The molecule has 0 N–H and O–H groups in total. The fourth-order valence-corrected chi connectivity index (χ4v) is 20.8. The summed E-state index contributed by atoms with van der Waals surface area (Å²) in [6.07, 6.45) is 0.327. The van der Waals surface area contributed by atoms with E-state index < -0.39 is 6.98 Å². The highest BCUT2D eigenvalue weighted by molar-refractivity contribution is 8.19. The van der Waals surface area contributed by atoms with Gasteiger partial charge in [0.1, 0.15) is 0 Å². The van der Waals surface area contributed by atoms with Crippen LogP contribution < -0.4 is 0 Å². The van der Waals surface area contributed by atoms with Gasteiger partial charge in [0.25, 0.3) is 0 Å². The van der Waals surface area contributed by atoms with Crippen LogP contribution >= 0.6 is 12.1 Å². The second-order valence-corrected chi connectivity index (χ2v) is 20.5.